The van der Waals surface area contributed by atoms with Crippen LogP contribution in [0.1, 0.15) is 17.0 Å². The van der Waals surface area contributed by atoms with E-state index in [0.29, 0.717) is 26.3 Å². The molecular formula is C13H19N2O3+. The van der Waals surface area contributed by atoms with Gasteiger partial charge in [0.25, 0.3) is 0 Å². The highest BCUT2D eigenvalue weighted by molar-refractivity contribution is 5.67. The molecule has 2 rings (SSSR count). The van der Waals surface area contributed by atoms with Gasteiger partial charge in [0, 0.05) is 43.8 Å². The van der Waals surface area contributed by atoms with E-state index in [1.807, 2.05) is 32.9 Å². The number of aromatic nitrogens is 1. The van der Waals surface area contributed by atoms with E-state index in [0.717, 1.165) is 17.0 Å². The van der Waals surface area contributed by atoms with Gasteiger partial charge in [0.15, 0.2) is 0 Å². The first-order chi connectivity index (χ1) is 8.58. The minimum Gasteiger partial charge on any atom is -0.378 e. The summed E-state index contributed by atoms with van der Waals surface area (Å²) in [7, 11) is 0. The lowest BCUT2D eigenvalue weighted by Crippen LogP contribution is -2.56. The molecular weight excluding hydrogens is 232 g/mol. The molecule has 0 saturated carbocycles. The summed E-state index contributed by atoms with van der Waals surface area (Å²) in [6.07, 6.45) is -0.321. The Morgan fingerprint density at radius 1 is 1.22 bits per heavy atom. The molecule has 1 aliphatic heterocycles. The molecule has 5 nitrogen and oxygen atoms in total. The second-order valence-corrected chi connectivity index (χ2v) is 4.57. The maximum absolute atomic E-state index is 12.0. The zero-order valence-electron chi connectivity index (χ0n) is 11.1. The van der Waals surface area contributed by atoms with Gasteiger partial charge in [0.2, 0.25) is 11.4 Å². The second-order valence-electron chi connectivity index (χ2n) is 4.57. The topological polar surface area (TPSA) is 42.7 Å². The predicted octanol–water partition coefficient (Wildman–Crippen LogP) is 0.780. The van der Waals surface area contributed by atoms with E-state index in [1.165, 1.54) is 0 Å². The van der Waals surface area contributed by atoms with Crippen LogP contribution in [0.4, 0.5) is 4.79 Å². The van der Waals surface area contributed by atoms with Gasteiger partial charge in [-0.1, -0.05) is 0 Å². The molecule has 1 aliphatic rings. The molecule has 0 spiro atoms. The third-order valence-corrected chi connectivity index (χ3v) is 2.95. The van der Waals surface area contributed by atoms with E-state index in [1.54, 1.807) is 9.63 Å². The quantitative estimate of drug-likeness (QED) is 0.693. The number of hydrogen-bond donors (Lipinski definition) is 0. The first-order valence-corrected chi connectivity index (χ1v) is 6.13. The Morgan fingerprint density at radius 2 is 1.78 bits per heavy atom. The van der Waals surface area contributed by atoms with Gasteiger partial charge < -0.3 is 4.74 Å². The van der Waals surface area contributed by atoms with Crippen molar-refractivity contribution in [1.82, 2.24) is 4.90 Å². The van der Waals surface area contributed by atoms with Crippen LogP contribution >= 0.6 is 0 Å². The number of rotatable bonds is 1. The number of carbonyl (C=O) groups is 1. The molecule has 18 heavy (non-hydrogen) atoms. The van der Waals surface area contributed by atoms with Crippen LogP contribution in [0.5, 0.6) is 0 Å². The average Bonchev–Trinajstić information content (AvgIpc) is 2.34. The minimum absolute atomic E-state index is 0.321. The van der Waals surface area contributed by atoms with E-state index in [9.17, 15) is 4.79 Å². The van der Waals surface area contributed by atoms with Gasteiger partial charge in [0.1, 0.15) is 0 Å². The van der Waals surface area contributed by atoms with Gasteiger partial charge >= 0.3 is 6.09 Å². The molecule has 0 radical (unpaired) electrons. The van der Waals surface area contributed by atoms with Gasteiger partial charge in [0.05, 0.1) is 13.2 Å². The Hall–Kier alpha value is -1.62. The molecule has 2 heterocycles. The van der Waals surface area contributed by atoms with E-state index in [2.05, 4.69) is 0 Å². The Bertz CT molecular complexity index is 431. The Balaban J connectivity index is 2.11. The van der Waals surface area contributed by atoms with Gasteiger partial charge in [-0.15, -0.1) is 0 Å². The first-order valence-electron chi connectivity index (χ1n) is 6.13. The lowest BCUT2D eigenvalue weighted by Gasteiger charge is -2.24. The van der Waals surface area contributed by atoms with Crippen LogP contribution in [-0.4, -0.2) is 37.3 Å². The minimum atomic E-state index is -0.321. The van der Waals surface area contributed by atoms with Crippen LogP contribution in [0.2, 0.25) is 0 Å². The summed E-state index contributed by atoms with van der Waals surface area (Å²) in [6, 6.07) is 3.97. The number of nitrogens with zero attached hydrogens (tertiary/aromatic N) is 2. The van der Waals surface area contributed by atoms with Gasteiger partial charge in [-0.3, -0.25) is 4.90 Å². The van der Waals surface area contributed by atoms with Crippen molar-refractivity contribution in [3.8, 4) is 0 Å². The number of aryl methyl sites for hydroxylation is 3. The largest absolute Gasteiger partial charge is 0.478 e. The average molecular weight is 251 g/mol. The number of pyridine rings is 1. The van der Waals surface area contributed by atoms with Crippen molar-refractivity contribution >= 4 is 6.09 Å². The zero-order chi connectivity index (χ0) is 13.1. The van der Waals surface area contributed by atoms with Crippen LogP contribution in [0.15, 0.2) is 12.1 Å². The van der Waals surface area contributed by atoms with Crippen LogP contribution in [-0.2, 0) is 4.74 Å². The fourth-order valence-corrected chi connectivity index (χ4v) is 2.12. The maximum Gasteiger partial charge on any atom is 0.478 e. The number of carbonyl (C=O) groups excluding carboxylic acids is 1. The smallest absolute Gasteiger partial charge is 0.378 e. The van der Waals surface area contributed by atoms with E-state index < -0.39 is 0 Å². The SMILES string of the molecule is Cc1cc(C)[n+](OC(=O)N2CCOCC2)c(C)c1. The Kier molecular flexibility index (Phi) is 3.81. The van der Waals surface area contributed by atoms with Crippen LogP contribution in [0, 0.1) is 20.8 Å². The van der Waals surface area contributed by atoms with E-state index in [-0.39, 0.29) is 6.09 Å². The highest BCUT2D eigenvalue weighted by atomic mass is 16.7. The lowest BCUT2D eigenvalue weighted by molar-refractivity contribution is -0.877. The molecule has 0 aromatic carbocycles. The van der Waals surface area contributed by atoms with Crippen molar-refractivity contribution in [3.05, 3.63) is 29.1 Å². The highest BCUT2D eigenvalue weighted by Gasteiger charge is 2.25. The number of hydrogen-bond acceptors (Lipinski definition) is 3. The zero-order valence-corrected chi connectivity index (χ0v) is 11.1. The van der Waals surface area contributed by atoms with Crippen molar-refractivity contribution in [1.29, 1.82) is 0 Å². The molecule has 1 saturated heterocycles. The molecule has 1 amide bonds. The van der Waals surface area contributed by atoms with Gasteiger partial charge in [-0.05, 0) is 12.5 Å². The summed E-state index contributed by atoms with van der Waals surface area (Å²) in [6.45, 7) is 8.19. The summed E-state index contributed by atoms with van der Waals surface area (Å²) >= 11 is 0. The van der Waals surface area contributed by atoms with Crippen molar-refractivity contribution in [2.24, 2.45) is 0 Å². The Labute approximate surface area is 107 Å². The van der Waals surface area contributed by atoms with Crippen LogP contribution < -0.4 is 9.57 Å². The van der Waals surface area contributed by atoms with Crippen molar-refractivity contribution in [3.63, 3.8) is 0 Å². The molecule has 0 unspecified atom stereocenters. The maximum atomic E-state index is 12.0. The van der Waals surface area contributed by atoms with Crippen LogP contribution in [0.3, 0.4) is 0 Å². The van der Waals surface area contributed by atoms with Crippen molar-refractivity contribution in [2.75, 3.05) is 26.3 Å². The summed E-state index contributed by atoms with van der Waals surface area (Å²) in [5, 5.41) is 0. The monoisotopic (exact) mass is 251 g/mol. The summed E-state index contributed by atoms with van der Waals surface area (Å²) in [5.41, 5.74) is 2.98. The third kappa shape index (κ3) is 2.79. The summed E-state index contributed by atoms with van der Waals surface area (Å²) < 4.78 is 6.78. The summed E-state index contributed by atoms with van der Waals surface area (Å²) in [5.74, 6) is 0. The standard InChI is InChI=1S/C13H19N2O3/c1-10-8-11(2)15(12(3)9-10)18-13(16)14-4-6-17-7-5-14/h8-9H,4-7H2,1-3H3/q+1. The predicted molar refractivity (Wildman–Crippen MR) is 65.2 cm³/mol. The van der Waals surface area contributed by atoms with Gasteiger partial charge in [-0.2, -0.15) is 4.84 Å². The lowest BCUT2D eigenvalue weighted by atomic mass is 10.2. The van der Waals surface area contributed by atoms with E-state index >= 15 is 0 Å². The molecule has 0 N–H and O–H groups in total. The molecule has 0 aliphatic carbocycles. The molecule has 0 bridgehead atoms. The summed E-state index contributed by atoms with van der Waals surface area (Å²) in [4.78, 5) is 19.1. The normalized spacial score (nSPS) is 15.6. The van der Waals surface area contributed by atoms with Gasteiger partial charge in [-0.25, -0.2) is 4.79 Å². The Morgan fingerprint density at radius 3 is 2.33 bits per heavy atom. The molecule has 1 fully saturated rings. The molecule has 1 aromatic heterocycles. The third-order valence-electron chi connectivity index (χ3n) is 2.95. The van der Waals surface area contributed by atoms with Crippen LogP contribution in [0.25, 0.3) is 0 Å². The fourth-order valence-electron chi connectivity index (χ4n) is 2.12. The van der Waals surface area contributed by atoms with Crippen molar-refractivity contribution in [2.45, 2.75) is 20.8 Å². The fraction of sp³-hybridized carbons (Fsp3) is 0.538. The molecule has 98 valence electrons. The molecule has 5 heteroatoms. The molecule has 1 aromatic rings. The highest BCUT2D eigenvalue weighted by Crippen LogP contribution is 2.02. The number of morpholine rings is 1. The first kappa shape index (κ1) is 12.8. The number of amides is 1. The second kappa shape index (κ2) is 5.35. The molecule has 0 atom stereocenters. The number of ether oxygens (including phenoxy) is 1. The van der Waals surface area contributed by atoms with E-state index in [4.69, 9.17) is 9.57 Å². The van der Waals surface area contributed by atoms with Crippen molar-refractivity contribution < 1.29 is 19.1 Å².